The van der Waals surface area contributed by atoms with Crippen LogP contribution < -0.4 is 5.32 Å². The molecule has 0 radical (unpaired) electrons. The van der Waals surface area contributed by atoms with Gasteiger partial charge >= 0.3 is 6.03 Å². The van der Waals surface area contributed by atoms with Crippen molar-refractivity contribution in [1.82, 2.24) is 15.1 Å². The van der Waals surface area contributed by atoms with E-state index >= 15 is 0 Å². The molecule has 4 amide bonds. The van der Waals surface area contributed by atoms with Crippen molar-refractivity contribution in [2.24, 2.45) is 0 Å². The van der Waals surface area contributed by atoms with Gasteiger partial charge in [0.1, 0.15) is 12.1 Å². The van der Waals surface area contributed by atoms with Crippen LogP contribution in [0.25, 0.3) is 10.8 Å². The highest BCUT2D eigenvalue weighted by Gasteiger charge is 2.49. The molecule has 1 aliphatic heterocycles. The Balaban J connectivity index is 1.35. The topological polar surface area (TPSA) is 69.7 Å². The average molecular weight is 492 g/mol. The first-order valence-electron chi connectivity index (χ1n) is 12.4. The van der Waals surface area contributed by atoms with E-state index in [9.17, 15) is 14.4 Å². The van der Waals surface area contributed by atoms with Gasteiger partial charge in [0.05, 0.1) is 0 Å². The molecule has 1 atom stereocenters. The molecule has 4 aromatic rings. The van der Waals surface area contributed by atoms with Crippen LogP contribution in [0.3, 0.4) is 0 Å². The minimum absolute atomic E-state index is 0.272. The molecule has 0 saturated carbocycles. The lowest BCUT2D eigenvalue weighted by Gasteiger charge is -2.26. The highest BCUT2D eigenvalue weighted by Crippen LogP contribution is 2.31. The van der Waals surface area contributed by atoms with Crippen LogP contribution in [0, 0.1) is 0 Å². The maximum atomic E-state index is 13.5. The first-order valence-corrected chi connectivity index (χ1v) is 12.4. The maximum Gasteiger partial charge on any atom is 0.325 e. The Labute approximate surface area is 216 Å². The smallest absolute Gasteiger partial charge is 0.325 e. The summed E-state index contributed by atoms with van der Waals surface area (Å²) in [4.78, 5) is 42.7. The highest BCUT2D eigenvalue weighted by atomic mass is 16.2. The fraction of sp³-hybridized carbons (Fsp3) is 0.194. The molecule has 1 fully saturated rings. The van der Waals surface area contributed by atoms with Crippen LogP contribution in [-0.4, -0.2) is 40.7 Å². The minimum atomic E-state index is -1.24. The van der Waals surface area contributed by atoms with E-state index < -0.39 is 17.5 Å². The van der Waals surface area contributed by atoms with E-state index in [1.165, 1.54) is 0 Å². The second kappa shape index (κ2) is 10.3. The lowest BCUT2D eigenvalue weighted by Crippen LogP contribution is -2.44. The van der Waals surface area contributed by atoms with E-state index in [2.05, 4.69) is 5.32 Å². The van der Waals surface area contributed by atoms with Gasteiger partial charge < -0.3 is 10.2 Å². The number of imide groups is 1. The molecule has 0 bridgehead atoms. The van der Waals surface area contributed by atoms with Crippen molar-refractivity contribution in [1.29, 1.82) is 0 Å². The second-order valence-corrected chi connectivity index (χ2v) is 9.54. The molecule has 1 N–H and O–H groups in total. The van der Waals surface area contributed by atoms with Gasteiger partial charge in [-0.15, -0.1) is 0 Å². The normalized spacial score (nSPS) is 17.2. The molecule has 1 heterocycles. The summed E-state index contributed by atoms with van der Waals surface area (Å²) in [5, 5.41) is 4.86. The Kier molecular flexibility index (Phi) is 6.73. The van der Waals surface area contributed by atoms with Gasteiger partial charge in [0, 0.05) is 13.1 Å². The van der Waals surface area contributed by atoms with Crippen molar-refractivity contribution < 1.29 is 14.4 Å². The monoisotopic (exact) mass is 491 g/mol. The summed E-state index contributed by atoms with van der Waals surface area (Å²) in [5.41, 5.74) is 1.55. The predicted octanol–water partition coefficient (Wildman–Crippen LogP) is 4.88. The summed E-state index contributed by atoms with van der Waals surface area (Å²) in [6.45, 7) is 2.26. The van der Waals surface area contributed by atoms with Crippen molar-refractivity contribution in [3.63, 3.8) is 0 Å². The quantitative estimate of drug-likeness (QED) is 0.357. The van der Waals surface area contributed by atoms with E-state index in [0.717, 1.165) is 26.8 Å². The van der Waals surface area contributed by atoms with E-state index in [4.69, 9.17) is 0 Å². The first-order chi connectivity index (χ1) is 17.9. The van der Waals surface area contributed by atoms with Gasteiger partial charge in [-0.3, -0.25) is 14.5 Å². The fourth-order valence-electron chi connectivity index (χ4n) is 4.78. The van der Waals surface area contributed by atoms with Crippen LogP contribution in [0.5, 0.6) is 0 Å². The molecule has 5 rings (SSSR count). The largest absolute Gasteiger partial charge is 0.336 e. The number of rotatable bonds is 8. The number of nitrogens with one attached hydrogen (secondary N) is 1. The summed E-state index contributed by atoms with van der Waals surface area (Å²) in [6.07, 6.45) is 0.675. The van der Waals surface area contributed by atoms with Crippen molar-refractivity contribution in [2.75, 3.05) is 13.1 Å². The molecule has 1 saturated heterocycles. The fourth-order valence-corrected chi connectivity index (χ4v) is 4.78. The number of hydrogen-bond acceptors (Lipinski definition) is 3. The Bertz CT molecular complexity index is 1440. The third kappa shape index (κ3) is 5.09. The Morgan fingerprint density at radius 3 is 2.14 bits per heavy atom. The van der Waals surface area contributed by atoms with Gasteiger partial charge in [0.15, 0.2) is 0 Å². The zero-order chi connectivity index (χ0) is 25.8. The zero-order valence-electron chi connectivity index (χ0n) is 20.8. The van der Waals surface area contributed by atoms with Crippen LogP contribution >= 0.6 is 0 Å². The Morgan fingerprint density at radius 2 is 1.43 bits per heavy atom. The highest BCUT2D eigenvalue weighted by molar-refractivity contribution is 6.09. The molecular weight excluding hydrogens is 462 g/mol. The third-order valence-electron chi connectivity index (χ3n) is 6.98. The van der Waals surface area contributed by atoms with Gasteiger partial charge in [0.2, 0.25) is 5.91 Å². The summed E-state index contributed by atoms with van der Waals surface area (Å²) in [7, 11) is 0. The summed E-state index contributed by atoms with van der Waals surface area (Å²) >= 11 is 0. The molecule has 37 heavy (non-hydrogen) atoms. The molecule has 6 nitrogen and oxygen atoms in total. The molecule has 6 heteroatoms. The zero-order valence-corrected chi connectivity index (χ0v) is 20.8. The molecule has 1 aliphatic rings. The van der Waals surface area contributed by atoms with Crippen molar-refractivity contribution >= 4 is 28.6 Å². The van der Waals surface area contributed by atoms with Gasteiger partial charge in [-0.05, 0) is 46.9 Å². The van der Waals surface area contributed by atoms with E-state index in [1.807, 2.05) is 103 Å². The van der Waals surface area contributed by atoms with Crippen LogP contribution in [0.4, 0.5) is 4.79 Å². The van der Waals surface area contributed by atoms with Crippen LogP contribution in [-0.2, 0) is 28.1 Å². The first kappa shape index (κ1) is 24.3. The third-order valence-corrected chi connectivity index (χ3v) is 6.98. The van der Waals surface area contributed by atoms with E-state index in [0.29, 0.717) is 25.1 Å². The number of carbonyl (C=O) groups is 3. The molecule has 0 spiro atoms. The van der Waals surface area contributed by atoms with Gasteiger partial charge in [-0.2, -0.15) is 0 Å². The summed E-state index contributed by atoms with van der Waals surface area (Å²) in [5.74, 6) is -0.699. The van der Waals surface area contributed by atoms with Crippen LogP contribution in [0.1, 0.15) is 23.6 Å². The number of carbonyl (C=O) groups excluding carboxylic acids is 3. The molecule has 0 aliphatic carbocycles. The Hall–Kier alpha value is -4.45. The SMILES string of the molecule is C[C@]1(c2ccc3ccccc3c2)NC(=O)N(CC(=O)N(CCc2ccccc2)Cc2ccccc2)C1=O. The molecule has 186 valence electrons. The van der Waals surface area contributed by atoms with Gasteiger partial charge in [-0.1, -0.05) is 97.1 Å². The van der Waals surface area contributed by atoms with Crippen molar-refractivity contribution in [3.05, 3.63) is 120 Å². The van der Waals surface area contributed by atoms with Crippen molar-refractivity contribution in [3.8, 4) is 0 Å². The molecular formula is C31H29N3O3. The molecule has 0 aromatic heterocycles. The number of hydrogen-bond donors (Lipinski definition) is 1. The van der Waals surface area contributed by atoms with Crippen molar-refractivity contribution in [2.45, 2.75) is 25.4 Å². The van der Waals surface area contributed by atoms with E-state index in [-0.39, 0.29) is 12.5 Å². The maximum absolute atomic E-state index is 13.5. The summed E-state index contributed by atoms with van der Waals surface area (Å²) < 4.78 is 0. The van der Waals surface area contributed by atoms with E-state index in [1.54, 1.807) is 11.8 Å². The Morgan fingerprint density at radius 1 is 0.811 bits per heavy atom. The number of fused-ring (bicyclic) bond motifs is 1. The van der Waals surface area contributed by atoms with Gasteiger partial charge in [-0.25, -0.2) is 4.79 Å². The lowest BCUT2D eigenvalue weighted by atomic mass is 9.90. The van der Waals surface area contributed by atoms with Gasteiger partial charge in [0.25, 0.3) is 5.91 Å². The summed E-state index contributed by atoms with van der Waals surface area (Å²) in [6, 6.07) is 32.7. The van der Waals surface area contributed by atoms with Crippen LogP contribution in [0.2, 0.25) is 0 Å². The second-order valence-electron chi connectivity index (χ2n) is 9.54. The minimum Gasteiger partial charge on any atom is -0.336 e. The predicted molar refractivity (Wildman–Crippen MR) is 144 cm³/mol. The number of urea groups is 1. The standard InChI is InChI=1S/C31H29N3O3/c1-31(27-17-16-25-14-8-9-15-26(25)20-27)29(36)34(30(37)32-31)22-28(35)33(21-24-12-6-3-7-13-24)19-18-23-10-4-2-5-11-23/h2-17,20H,18-19,21-22H2,1H3,(H,32,37)/t31-/m1/s1. The molecule has 0 unspecified atom stereocenters. The number of amides is 4. The average Bonchev–Trinajstić information content (AvgIpc) is 3.15. The molecule has 4 aromatic carbocycles. The number of benzene rings is 4. The number of nitrogens with zero attached hydrogens (tertiary/aromatic N) is 2. The lowest BCUT2D eigenvalue weighted by molar-refractivity contribution is -0.139. The van der Waals surface area contributed by atoms with Crippen LogP contribution in [0.15, 0.2) is 103 Å².